The van der Waals surface area contributed by atoms with Crippen molar-refractivity contribution < 1.29 is 18.3 Å². The van der Waals surface area contributed by atoms with Crippen LogP contribution < -0.4 is 0 Å². The van der Waals surface area contributed by atoms with Crippen LogP contribution in [0, 0.1) is 10.8 Å². The predicted molar refractivity (Wildman–Crippen MR) is 117 cm³/mol. The predicted octanol–water partition coefficient (Wildman–Crippen LogP) is 7.33. The van der Waals surface area contributed by atoms with Crippen LogP contribution in [0.4, 0.5) is 0 Å². The third-order valence-corrected chi connectivity index (χ3v) is 5.97. The summed E-state index contributed by atoms with van der Waals surface area (Å²) in [5, 5.41) is 0. The topological polar surface area (TPSA) is 44.8 Å². The molecule has 1 rings (SSSR count). The number of hydrogen-bond donors (Lipinski definition) is 0. The highest BCUT2D eigenvalue weighted by molar-refractivity contribution is 7.57. The molecule has 0 saturated heterocycles. The minimum atomic E-state index is -3.18. The van der Waals surface area contributed by atoms with Crippen LogP contribution in [0.1, 0.15) is 59.9 Å². The Morgan fingerprint density at radius 2 is 1.64 bits per heavy atom. The fraction of sp³-hybridized carbons (Fsp3) is 0.565. The molecule has 0 fully saturated rings. The number of benzene rings is 1. The van der Waals surface area contributed by atoms with Crippen molar-refractivity contribution in [2.75, 3.05) is 13.2 Å². The van der Waals surface area contributed by atoms with Gasteiger partial charge >= 0.3 is 7.60 Å². The maximum absolute atomic E-state index is 12.7. The normalized spacial score (nSPS) is 13.1. The summed E-state index contributed by atoms with van der Waals surface area (Å²) in [6, 6.07) is 10.1. The Morgan fingerprint density at radius 3 is 2.18 bits per heavy atom. The number of hydrogen-bond acceptors (Lipinski definition) is 4. The molecule has 0 radical (unpaired) electrons. The number of ether oxygens (including phenoxy) is 1. The largest absolute Gasteiger partial charge is 0.494 e. The van der Waals surface area contributed by atoms with Crippen molar-refractivity contribution in [3.63, 3.8) is 0 Å². The minimum absolute atomic E-state index is 0.0250. The fourth-order valence-electron chi connectivity index (χ4n) is 3.48. The first-order valence-corrected chi connectivity index (χ1v) is 11.6. The van der Waals surface area contributed by atoms with E-state index in [9.17, 15) is 4.57 Å². The van der Waals surface area contributed by atoms with E-state index in [-0.39, 0.29) is 10.8 Å². The van der Waals surface area contributed by atoms with E-state index in [1.165, 1.54) is 0 Å². The first kappa shape index (κ1) is 24.7. The highest BCUT2D eigenvalue weighted by Crippen LogP contribution is 2.51. The van der Waals surface area contributed by atoms with Gasteiger partial charge in [-0.1, -0.05) is 70.7 Å². The SMILES string of the molecule is C=C(CC(C)(C)CC(C)(C)/C=C/P(=O)(OCC)OCC)OCc1ccccc1. The summed E-state index contributed by atoms with van der Waals surface area (Å²) >= 11 is 0. The first-order chi connectivity index (χ1) is 13.0. The van der Waals surface area contributed by atoms with Crippen molar-refractivity contribution in [3.8, 4) is 0 Å². The van der Waals surface area contributed by atoms with Crippen molar-refractivity contribution in [2.45, 2.75) is 61.0 Å². The molecule has 4 nitrogen and oxygen atoms in total. The summed E-state index contributed by atoms with van der Waals surface area (Å²) in [7, 11) is -3.18. The van der Waals surface area contributed by atoms with Gasteiger partial charge in [-0.2, -0.15) is 0 Å². The molecule has 0 aromatic heterocycles. The van der Waals surface area contributed by atoms with Crippen molar-refractivity contribution in [2.24, 2.45) is 10.8 Å². The van der Waals surface area contributed by atoms with Crippen molar-refractivity contribution >= 4 is 7.60 Å². The second kappa shape index (κ2) is 11.0. The Hall–Kier alpha value is -1.35. The maximum Gasteiger partial charge on any atom is 0.353 e. The van der Waals surface area contributed by atoms with Crippen molar-refractivity contribution in [3.05, 3.63) is 60.1 Å². The van der Waals surface area contributed by atoms with E-state index in [0.717, 1.165) is 24.2 Å². The van der Waals surface area contributed by atoms with Gasteiger partial charge in [-0.3, -0.25) is 4.57 Å². The third kappa shape index (κ3) is 9.73. The van der Waals surface area contributed by atoms with Gasteiger partial charge in [-0.25, -0.2) is 0 Å². The lowest BCUT2D eigenvalue weighted by atomic mass is 9.73. The first-order valence-electron chi connectivity index (χ1n) is 9.94. The minimum Gasteiger partial charge on any atom is -0.494 e. The van der Waals surface area contributed by atoms with Gasteiger partial charge in [0.25, 0.3) is 0 Å². The Labute approximate surface area is 171 Å². The van der Waals surface area contributed by atoms with Crippen LogP contribution in [-0.2, 0) is 25.0 Å². The van der Waals surface area contributed by atoms with E-state index in [0.29, 0.717) is 19.8 Å². The molecule has 0 N–H and O–H groups in total. The summed E-state index contributed by atoms with van der Waals surface area (Å²) in [4.78, 5) is 0. The molecule has 0 spiro atoms. The highest BCUT2D eigenvalue weighted by atomic mass is 31.2. The molecule has 0 saturated carbocycles. The molecule has 0 unspecified atom stereocenters. The average Bonchev–Trinajstić information content (AvgIpc) is 2.58. The standard InChI is InChI=1S/C23H37O4P/c1-8-26-28(24,27-9-2)16-15-22(4,5)19-23(6,7)17-20(3)25-18-21-13-11-10-12-14-21/h10-16H,3,8-9,17-19H2,1-2,4-7H3/b16-15+. The Morgan fingerprint density at radius 1 is 1.07 bits per heavy atom. The zero-order chi connectivity index (χ0) is 21.3. The monoisotopic (exact) mass is 408 g/mol. The quantitative estimate of drug-likeness (QED) is 0.253. The van der Waals surface area contributed by atoms with E-state index in [1.54, 1.807) is 5.82 Å². The molecule has 0 aliphatic carbocycles. The molecular formula is C23H37O4P. The zero-order valence-corrected chi connectivity index (χ0v) is 19.3. The van der Waals surface area contributed by atoms with E-state index >= 15 is 0 Å². The lowest BCUT2D eigenvalue weighted by molar-refractivity contribution is 0.145. The molecular weight excluding hydrogens is 371 g/mol. The molecule has 0 aliphatic heterocycles. The van der Waals surface area contributed by atoms with Crippen LogP contribution >= 0.6 is 7.60 Å². The van der Waals surface area contributed by atoms with Crippen molar-refractivity contribution in [1.29, 1.82) is 0 Å². The maximum atomic E-state index is 12.7. The summed E-state index contributed by atoms with van der Waals surface area (Å²) in [6.07, 6.45) is 3.59. The Balaban J connectivity index is 2.65. The molecule has 1 aromatic carbocycles. The molecule has 0 aliphatic rings. The van der Waals surface area contributed by atoms with Crippen LogP contribution in [0.2, 0.25) is 0 Å². The highest BCUT2D eigenvalue weighted by Gasteiger charge is 2.29. The fourth-order valence-corrected chi connectivity index (χ4v) is 5.03. The summed E-state index contributed by atoms with van der Waals surface area (Å²) in [5.41, 5.74) is 0.933. The molecule has 158 valence electrons. The summed E-state index contributed by atoms with van der Waals surface area (Å²) in [6.45, 7) is 17.6. The lowest BCUT2D eigenvalue weighted by Gasteiger charge is -2.33. The van der Waals surface area contributed by atoms with E-state index in [2.05, 4.69) is 34.3 Å². The molecule has 0 bridgehead atoms. The van der Waals surface area contributed by atoms with Crippen LogP contribution in [0.3, 0.4) is 0 Å². The second-order valence-corrected chi connectivity index (χ2v) is 10.4. The molecule has 1 aromatic rings. The third-order valence-electron chi connectivity index (χ3n) is 4.22. The summed E-state index contributed by atoms with van der Waals surface area (Å²) in [5.74, 6) is 2.39. The number of allylic oxidation sites excluding steroid dienone is 2. The number of rotatable bonds is 13. The van der Waals surface area contributed by atoms with Crippen LogP contribution in [-0.4, -0.2) is 13.2 Å². The van der Waals surface area contributed by atoms with Crippen LogP contribution in [0.15, 0.2) is 54.6 Å². The Kier molecular flexibility index (Phi) is 9.69. The lowest BCUT2D eigenvalue weighted by Crippen LogP contribution is -2.22. The molecule has 0 atom stereocenters. The zero-order valence-electron chi connectivity index (χ0n) is 18.4. The van der Waals surface area contributed by atoms with E-state index in [1.807, 2.05) is 50.3 Å². The van der Waals surface area contributed by atoms with Crippen LogP contribution in [0.5, 0.6) is 0 Å². The van der Waals surface area contributed by atoms with Gasteiger partial charge in [0.05, 0.1) is 19.0 Å². The molecule has 0 amide bonds. The molecule has 0 heterocycles. The van der Waals surface area contributed by atoms with Gasteiger partial charge in [0, 0.05) is 12.2 Å². The molecule has 5 heteroatoms. The van der Waals surface area contributed by atoms with Gasteiger partial charge in [0.2, 0.25) is 0 Å². The van der Waals surface area contributed by atoms with Crippen molar-refractivity contribution in [1.82, 2.24) is 0 Å². The summed E-state index contributed by atoms with van der Waals surface area (Å²) < 4.78 is 29.2. The van der Waals surface area contributed by atoms with Crippen LogP contribution in [0.25, 0.3) is 0 Å². The van der Waals surface area contributed by atoms with E-state index in [4.69, 9.17) is 13.8 Å². The van der Waals surface area contributed by atoms with E-state index < -0.39 is 7.60 Å². The molecule has 28 heavy (non-hydrogen) atoms. The van der Waals surface area contributed by atoms with Gasteiger partial charge in [-0.05, 0) is 36.7 Å². The average molecular weight is 409 g/mol. The van der Waals surface area contributed by atoms with Gasteiger partial charge in [0.1, 0.15) is 6.61 Å². The second-order valence-electron chi connectivity index (χ2n) is 8.51. The van der Waals surface area contributed by atoms with Gasteiger partial charge in [-0.15, -0.1) is 0 Å². The van der Waals surface area contributed by atoms with Gasteiger partial charge in [0.15, 0.2) is 0 Å². The Bertz CT molecular complexity index is 667. The smallest absolute Gasteiger partial charge is 0.353 e. The van der Waals surface area contributed by atoms with Gasteiger partial charge < -0.3 is 13.8 Å².